The molecule has 0 amide bonds. The normalized spacial score (nSPS) is 11.1. The van der Waals surface area contributed by atoms with E-state index in [1.807, 2.05) is 13.8 Å². The van der Waals surface area contributed by atoms with E-state index in [0.29, 0.717) is 19.2 Å². The summed E-state index contributed by atoms with van der Waals surface area (Å²) in [4.78, 5) is 0. The van der Waals surface area contributed by atoms with Crippen LogP contribution in [0.4, 0.5) is 0 Å². The highest BCUT2D eigenvalue weighted by molar-refractivity contribution is 4.75. The fraction of sp³-hybridized carbons (Fsp3) is 0.750. The molecule has 72 valence electrons. The Morgan fingerprint density at radius 3 is 2.50 bits per heavy atom. The Morgan fingerprint density at radius 2 is 2.00 bits per heavy atom. The van der Waals surface area contributed by atoms with Crippen molar-refractivity contribution in [1.82, 2.24) is 0 Å². The zero-order valence-electron chi connectivity index (χ0n) is 7.58. The van der Waals surface area contributed by atoms with Crippen LogP contribution in [0.3, 0.4) is 0 Å². The van der Waals surface area contributed by atoms with Gasteiger partial charge in [-0.1, -0.05) is 0 Å². The van der Waals surface area contributed by atoms with E-state index in [1.165, 1.54) is 6.26 Å². The minimum atomic E-state index is -0.0312. The maximum absolute atomic E-state index is 8.46. The van der Waals surface area contributed by atoms with Crippen molar-refractivity contribution in [2.45, 2.75) is 13.8 Å². The summed E-state index contributed by atoms with van der Waals surface area (Å²) in [5.41, 5.74) is 0. The molecule has 0 aliphatic carbocycles. The van der Waals surface area contributed by atoms with E-state index in [4.69, 9.17) is 19.3 Å². The van der Waals surface area contributed by atoms with E-state index in [-0.39, 0.29) is 13.2 Å². The molecule has 0 aliphatic heterocycles. The number of ether oxygens (including phenoxy) is 3. The summed E-state index contributed by atoms with van der Waals surface area (Å²) >= 11 is 0. The molecular weight excluding hydrogens is 160 g/mol. The van der Waals surface area contributed by atoms with Gasteiger partial charge in [0.15, 0.2) is 6.26 Å². The number of hydrogen-bond acceptors (Lipinski definition) is 4. The molecule has 4 nitrogen and oxygen atoms in total. The van der Waals surface area contributed by atoms with Gasteiger partial charge in [0.25, 0.3) is 0 Å². The van der Waals surface area contributed by atoms with Gasteiger partial charge in [-0.15, -0.1) is 0 Å². The average molecular weight is 176 g/mol. The van der Waals surface area contributed by atoms with Gasteiger partial charge in [0, 0.05) is 0 Å². The number of aliphatic hydroxyl groups excluding tert-OH is 1. The quantitative estimate of drug-likeness (QED) is 0.585. The van der Waals surface area contributed by atoms with Crippen molar-refractivity contribution in [2.24, 2.45) is 0 Å². The first-order valence-electron chi connectivity index (χ1n) is 4.03. The van der Waals surface area contributed by atoms with Crippen LogP contribution in [-0.2, 0) is 14.2 Å². The smallest absolute Gasteiger partial charge is 0.315 e. The predicted octanol–water partition coefficient (Wildman–Crippen LogP) is 0.867. The Bertz CT molecular complexity index is 122. The zero-order chi connectivity index (χ0) is 9.23. The van der Waals surface area contributed by atoms with Crippen LogP contribution in [0.2, 0.25) is 0 Å². The molecule has 0 aromatic heterocycles. The Balaban J connectivity index is 3.68. The summed E-state index contributed by atoms with van der Waals surface area (Å²) < 4.78 is 15.0. The average Bonchev–Trinajstić information content (AvgIpc) is 2.10. The monoisotopic (exact) mass is 176 g/mol. The fourth-order valence-corrected chi connectivity index (χ4v) is 0.550. The molecule has 0 aromatic rings. The molecule has 0 atom stereocenters. The van der Waals surface area contributed by atoms with Gasteiger partial charge < -0.3 is 19.3 Å². The Hall–Kier alpha value is -0.900. The largest absolute Gasteiger partial charge is 0.494 e. The Labute approximate surface area is 72.7 Å². The van der Waals surface area contributed by atoms with E-state index in [2.05, 4.69) is 0 Å². The van der Waals surface area contributed by atoms with Gasteiger partial charge in [-0.25, -0.2) is 0 Å². The highest BCUT2D eigenvalue weighted by atomic mass is 16.7. The zero-order valence-corrected chi connectivity index (χ0v) is 7.58. The minimum Gasteiger partial charge on any atom is -0.494 e. The first-order chi connectivity index (χ1) is 5.85. The van der Waals surface area contributed by atoms with Gasteiger partial charge in [-0.3, -0.25) is 0 Å². The fourth-order valence-electron chi connectivity index (χ4n) is 0.550. The summed E-state index contributed by atoms with van der Waals surface area (Å²) in [7, 11) is 0. The molecular formula is C8H16O4. The SMILES string of the molecule is CCOC=C(OCC)OCCO. The van der Waals surface area contributed by atoms with Gasteiger partial charge in [-0.2, -0.15) is 0 Å². The molecule has 0 aromatic carbocycles. The van der Waals surface area contributed by atoms with Gasteiger partial charge in [-0.05, 0) is 13.8 Å². The summed E-state index contributed by atoms with van der Waals surface area (Å²) in [6.07, 6.45) is 1.40. The van der Waals surface area contributed by atoms with Crippen molar-refractivity contribution < 1.29 is 19.3 Å². The molecule has 0 saturated carbocycles. The number of aliphatic hydroxyl groups is 1. The lowest BCUT2D eigenvalue weighted by molar-refractivity contribution is 0.0135. The van der Waals surface area contributed by atoms with Crippen LogP contribution >= 0.6 is 0 Å². The predicted molar refractivity (Wildman–Crippen MR) is 44.4 cm³/mol. The van der Waals surface area contributed by atoms with Crippen molar-refractivity contribution in [3.05, 3.63) is 12.2 Å². The molecule has 0 radical (unpaired) electrons. The molecule has 0 spiro atoms. The standard InChI is InChI=1S/C8H16O4/c1-3-10-7-8(11-4-2)12-6-5-9/h7,9H,3-6H2,1-2H3. The van der Waals surface area contributed by atoms with Crippen LogP contribution in [0.15, 0.2) is 12.2 Å². The first-order valence-corrected chi connectivity index (χ1v) is 4.03. The van der Waals surface area contributed by atoms with Gasteiger partial charge in [0.2, 0.25) is 0 Å². The topological polar surface area (TPSA) is 47.9 Å². The molecule has 0 aliphatic rings. The van der Waals surface area contributed by atoms with E-state index in [0.717, 1.165) is 0 Å². The lowest BCUT2D eigenvalue weighted by atomic mass is 10.7. The second kappa shape index (κ2) is 8.20. The summed E-state index contributed by atoms with van der Waals surface area (Å²) in [5, 5.41) is 8.46. The van der Waals surface area contributed by atoms with Crippen molar-refractivity contribution >= 4 is 0 Å². The van der Waals surface area contributed by atoms with Crippen molar-refractivity contribution in [3.63, 3.8) is 0 Å². The van der Waals surface area contributed by atoms with E-state index < -0.39 is 0 Å². The van der Waals surface area contributed by atoms with Crippen LogP contribution in [0.25, 0.3) is 0 Å². The molecule has 0 heterocycles. The molecule has 0 unspecified atom stereocenters. The van der Waals surface area contributed by atoms with Crippen molar-refractivity contribution in [1.29, 1.82) is 0 Å². The Morgan fingerprint density at radius 1 is 1.25 bits per heavy atom. The van der Waals surface area contributed by atoms with E-state index in [9.17, 15) is 0 Å². The molecule has 1 N–H and O–H groups in total. The van der Waals surface area contributed by atoms with Crippen molar-refractivity contribution in [3.8, 4) is 0 Å². The maximum Gasteiger partial charge on any atom is 0.315 e. The molecule has 0 fully saturated rings. The molecule has 12 heavy (non-hydrogen) atoms. The van der Waals surface area contributed by atoms with Crippen molar-refractivity contribution in [2.75, 3.05) is 26.4 Å². The van der Waals surface area contributed by atoms with E-state index >= 15 is 0 Å². The second-order valence-corrected chi connectivity index (χ2v) is 1.90. The molecule has 0 rings (SSSR count). The first kappa shape index (κ1) is 11.1. The minimum absolute atomic E-state index is 0.0312. The number of hydrogen-bond donors (Lipinski definition) is 1. The van der Waals surface area contributed by atoms with Crippen LogP contribution < -0.4 is 0 Å². The lowest BCUT2D eigenvalue weighted by Gasteiger charge is -2.08. The maximum atomic E-state index is 8.46. The van der Waals surface area contributed by atoms with Crippen LogP contribution in [0.5, 0.6) is 0 Å². The highest BCUT2D eigenvalue weighted by Crippen LogP contribution is 1.99. The third-order valence-corrected chi connectivity index (χ3v) is 0.968. The number of rotatable bonds is 7. The van der Waals surface area contributed by atoms with Gasteiger partial charge in [0.05, 0.1) is 19.8 Å². The van der Waals surface area contributed by atoms with E-state index in [1.54, 1.807) is 0 Å². The summed E-state index contributed by atoms with van der Waals surface area (Å²) in [6, 6.07) is 0. The highest BCUT2D eigenvalue weighted by Gasteiger charge is 1.97. The lowest BCUT2D eigenvalue weighted by Crippen LogP contribution is -2.03. The van der Waals surface area contributed by atoms with Gasteiger partial charge in [0.1, 0.15) is 6.61 Å². The Kier molecular flexibility index (Phi) is 7.58. The van der Waals surface area contributed by atoms with Crippen LogP contribution in [-0.4, -0.2) is 31.5 Å². The second-order valence-electron chi connectivity index (χ2n) is 1.90. The molecule has 0 saturated heterocycles. The molecule has 0 bridgehead atoms. The summed E-state index contributed by atoms with van der Waals surface area (Å²) in [6.45, 7) is 4.99. The van der Waals surface area contributed by atoms with Crippen LogP contribution in [0.1, 0.15) is 13.8 Å². The third-order valence-electron chi connectivity index (χ3n) is 0.968. The third kappa shape index (κ3) is 5.85. The molecule has 4 heteroatoms. The van der Waals surface area contributed by atoms with Crippen LogP contribution in [0, 0.1) is 0 Å². The summed E-state index contributed by atoms with van der Waals surface area (Å²) in [5.74, 6) is 0.313. The van der Waals surface area contributed by atoms with Gasteiger partial charge >= 0.3 is 5.95 Å².